The first-order valence-corrected chi connectivity index (χ1v) is 9.60. The highest BCUT2D eigenvalue weighted by Gasteiger charge is 2.10. The van der Waals surface area contributed by atoms with Crippen LogP contribution in [-0.4, -0.2) is 33.9 Å². The average molecular weight is 365 g/mol. The Morgan fingerprint density at radius 2 is 2.00 bits per heavy atom. The van der Waals surface area contributed by atoms with Gasteiger partial charge in [-0.25, -0.2) is 9.97 Å². The van der Waals surface area contributed by atoms with Crippen LogP contribution >= 0.6 is 0 Å². The van der Waals surface area contributed by atoms with Crippen molar-refractivity contribution in [2.24, 2.45) is 0 Å². The second kappa shape index (κ2) is 9.16. The molecule has 1 aromatic carbocycles. The standard InChI is InChI=1S/C21H27N5O/c1-3-4-7-11-23-21(27)19-13-20(26-15(2)25-19)22-12-10-16-14-24-18-9-6-5-8-17(16)18/h5-6,8-9,13-14,24H,3-4,7,10-12H2,1-2H3,(H,23,27)(H,22,25,26). The van der Waals surface area contributed by atoms with Crippen LogP contribution in [0.3, 0.4) is 0 Å². The average Bonchev–Trinajstić information content (AvgIpc) is 3.08. The van der Waals surface area contributed by atoms with Crippen LogP contribution in [0.1, 0.15) is 48.1 Å². The van der Waals surface area contributed by atoms with Crippen LogP contribution in [0.5, 0.6) is 0 Å². The molecule has 0 aliphatic heterocycles. The molecule has 0 saturated heterocycles. The second-order valence-corrected chi connectivity index (χ2v) is 6.68. The molecular weight excluding hydrogens is 338 g/mol. The number of carbonyl (C=O) groups is 1. The summed E-state index contributed by atoms with van der Waals surface area (Å²) in [7, 11) is 0. The lowest BCUT2D eigenvalue weighted by Crippen LogP contribution is -2.26. The summed E-state index contributed by atoms with van der Waals surface area (Å²) >= 11 is 0. The molecule has 6 nitrogen and oxygen atoms in total. The van der Waals surface area contributed by atoms with Gasteiger partial charge in [-0.2, -0.15) is 0 Å². The lowest BCUT2D eigenvalue weighted by Gasteiger charge is -2.09. The van der Waals surface area contributed by atoms with Crippen LogP contribution in [0.2, 0.25) is 0 Å². The van der Waals surface area contributed by atoms with Gasteiger partial charge in [0.15, 0.2) is 0 Å². The zero-order chi connectivity index (χ0) is 19.1. The van der Waals surface area contributed by atoms with E-state index in [1.165, 1.54) is 10.9 Å². The smallest absolute Gasteiger partial charge is 0.270 e. The molecule has 1 amide bonds. The molecule has 3 N–H and O–H groups in total. The number of para-hydroxylation sites is 1. The first-order valence-electron chi connectivity index (χ1n) is 9.60. The van der Waals surface area contributed by atoms with Crippen LogP contribution in [-0.2, 0) is 6.42 Å². The highest BCUT2D eigenvalue weighted by molar-refractivity contribution is 5.92. The SMILES string of the molecule is CCCCCNC(=O)c1cc(NCCc2c[nH]c3ccccc23)nc(C)n1. The fourth-order valence-electron chi connectivity index (χ4n) is 3.11. The Kier molecular flexibility index (Phi) is 6.41. The van der Waals surface area contributed by atoms with E-state index in [1.54, 1.807) is 13.0 Å². The Labute approximate surface area is 159 Å². The summed E-state index contributed by atoms with van der Waals surface area (Å²) in [5, 5.41) is 7.48. The lowest BCUT2D eigenvalue weighted by molar-refractivity contribution is 0.0947. The number of rotatable bonds is 9. The summed E-state index contributed by atoms with van der Waals surface area (Å²) in [6.07, 6.45) is 6.15. The molecule has 0 aliphatic rings. The van der Waals surface area contributed by atoms with Crippen LogP contribution in [0.15, 0.2) is 36.5 Å². The number of hydrogen-bond donors (Lipinski definition) is 3. The van der Waals surface area contributed by atoms with E-state index in [1.807, 2.05) is 18.3 Å². The van der Waals surface area contributed by atoms with Crippen molar-refractivity contribution in [2.75, 3.05) is 18.4 Å². The van der Waals surface area contributed by atoms with E-state index in [9.17, 15) is 4.79 Å². The third kappa shape index (κ3) is 5.06. The number of nitrogens with zero attached hydrogens (tertiary/aromatic N) is 2. The number of carbonyl (C=O) groups excluding carboxylic acids is 1. The Morgan fingerprint density at radius 3 is 2.85 bits per heavy atom. The molecule has 0 radical (unpaired) electrons. The van der Waals surface area contributed by atoms with Gasteiger partial charge in [0.25, 0.3) is 5.91 Å². The summed E-state index contributed by atoms with van der Waals surface area (Å²) in [6.45, 7) is 5.36. The monoisotopic (exact) mass is 365 g/mol. The van der Waals surface area contributed by atoms with Crippen molar-refractivity contribution in [1.29, 1.82) is 0 Å². The predicted octanol–water partition coefficient (Wildman–Crippen LogP) is 3.84. The second-order valence-electron chi connectivity index (χ2n) is 6.68. The molecule has 2 aromatic heterocycles. The third-order valence-corrected chi connectivity index (χ3v) is 4.51. The molecule has 142 valence electrons. The van der Waals surface area contributed by atoms with Crippen molar-refractivity contribution in [1.82, 2.24) is 20.3 Å². The number of benzene rings is 1. The molecule has 0 bridgehead atoms. The van der Waals surface area contributed by atoms with Crippen molar-refractivity contribution in [2.45, 2.75) is 39.5 Å². The van der Waals surface area contributed by atoms with Crippen LogP contribution in [0.4, 0.5) is 5.82 Å². The van der Waals surface area contributed by atoms with Gasteiger partial charge in [-0.05, 0) is 31.4 Å². The van der Waals surface area contributed by atoms with Gasteiger partial charge in [-0.1, -0.05) is 38.0 Å². The normalized spacial score (nSPS) is 10.9. The van der Waals surface area contributed by atoms with Gasteiger partial charge in [0.2, 0.25) is 0 Å². The maximum atomic E-state index is 12.3. The molecule has 2 heterocycles. The van der Waals surface area contributed by atoms with Gasteiger partial charge in [0.05, 0.1) is 0 Å². The molecule has 6 heteroatoms. The minimum absolute atomic E-state index is 0.142. The van der Waals surface area contributed by atoms with Crippen molar-refractivity contribution in [3.8, 4) is 0 Å². The predicted molar refractivity (Wildman–Crippen MR) is 109 cm³/mol. The Bertz CT molecular complexity index is 902. The van der Waals surface area contributed by atoms with Gasteiger partial charge in [0.1, 0.15) is 17.3 Å². The summed E-state index contributed by atoms with van der Waals surface area (Å²) < 4.78 is 0. The lowest BCUT2D eigenvalue weighted by atomic mass is 10.1. The van der Waals surface area contributed by atoms with Gasteiger partial charge in [0, 0.05) is 36.3 Å². The van der Waals surface area contributed by atoms with E-state index in [2.05, 4.69) is 44.6 Å². The fraction of sp³-hybridized carbons (Fsp3) is 0.381. The quantitative estimate of drug-likeness (QED) is 0.503. The number of H-pyrrole nitrogens is 1. The number of amides is 1. The van der Waals surface area contributed by atoms with E-state index < -0.39 is 0 Å². The molecule has 3 rings (SSSR count). The molecular formula is C21H27N5O. The molecule has 0 fully saturated rings. The Hall–Kier alpha value is -2.89. The zero-order valence-corrected chi connectivity index (χ0v) is 16.0. The number of nitrogens with one attached hydrogen (secondary N) is 3. The highest BCUT2D eigenvalue weighted by Crippen LogP contribution is 2.18. The van der Waals surface area contributed by atoms with E-state index in [0.29, 0.717) is 23.9 Å². The molecule has 3 aromatic rings. The summed E-state index contributed by atoms with van der Waals surface area (Å²) in [5.74, 6) is 1.13. The number of aryl methyl sites for hydroxylation is 1. The number of hydrogen-bond acceptors (Lipinski definition) is 4. The fourth-order valence-corrected chi connectivity index (χ4v) is 3.11. The largest absolute Gasteiger partial charge is 0.370 e. The number of aromatic nitrogens is 3. The molecule has 0 spiro atoms. The van der Waals surface area contributed by atoms with Gasteiger partial charge < -0.3 is 15.6 Å². The van der Waals surface area contributed by atoms with Crippen molar-refractivity contribution < 1.29 is 4.79 Å². The van der Waals surface area contributed by atoms with E-state index in [4.69, 9.17) is 0 Å². The molecule has 0 atom stereocenters. The number of fused-ring (bicyclic) bond motifs is 1. The van der Waals surface area contributed by atoms with Gasteiger partial charge in [-0.3, -0.25) is 4.79 Å². The van der Waals surface area contributed by atoms with E-state index >= 15 is 0 Å². The summed E-state index contributed by atoms with van der Waals surface area (Å²) in [4.78, 5) is 24.2. The highest BCUT2D eigenvalue weighted by atomic mass is 16.1. The number of aromatic amines is 1. The molecule has 0 unspecified atom stereocenters. The number of unbranched alkanes of at least 4 members (excludes halogenated alkanes) is 2. The summed E-state index contributed by atoms with van der Waals surface area (Å²) in [5.41, 5.74) is 2.82. The van der Waals surface area contributed by atoms with E-state index in [0.717, 1.165) is 37.7 Å². The van der Waals surface area contributed by atoms with Crippen LogP contribution in [0.25, 0.3) is 10.9 Å². The third-order valence-electron chi connectivity index (χ3n) is 4.51. The van der Waals surface area contributed by atoms with Crippen LogP contribution < -0.4 is 10.6 Å². The maximum Gasteiger partial charge on any atom is 0.270 e. The maximum absolute atomic E-state index is 12.3. The topological polar surface area (TPSA) is 82.7 Å². The molecule has 0 aliphatic carbocycles. The Balaban J connectivity index is 1.58. The number of anilines is 1. The van der Waals surface area contributed by atoms with Crippen molar-refractivity contribution in [3.05, 3.63) is 53.6 Å². The van der Waals surface area contributed by atoms with E-state index in [-0.39, 0.29) is 5.91 Å². The minimum atomic E-state index is -0.142. The van der Waals surface area contributed by atoms with Crippen LogP contribution in [0, 0.1) is 6.92 Å². The van der Waals surface area contributed by atoms with Crippen molar-refractivity contribution in [3.63, 3.8) is 0 Å². The molecule has 0 saturated carbocycles. The van der Waals surface area contributed by atoms with Crippen molar-refractivity contribution >= 4 is 22.6 Å². The zero-order valence-electron chi connectivity index (χ0n) is 16.0. The minimum Gasteiger partial charge on any atom is -0.370 e. The first kappa shape index (κ1) is 18.9. The first-order chi connectivity index (χ1) is 13.2. The Morgan fingerprint density at radius 1 is 1.15 bits per heavy atom. The molecule has 27 heavy (non-hydrogen) atoms. The summed E-state index contributed by atoms with van der Waals surface area (Å²) in [6, 6.07) is 9.99. The van der Waals surface area contributed by atoms with Gasteiger partial charge >= 0.3 is 0 Å². The van der Waals surface area contributed by atoms with Gasteiger partial charge in [-0.15, -0.1) is 0 Å².